The summed E-state index contributed by atoms with van der Waals surface area (Å²) < 4.78 is 12.9. The zero-order valence-corrected chi connectivity index (χ0v) is 11.3. The number of anilines is 1. The van der Waals surface area contributed by atoms with Crippen molar-refractivity contribution in [2.45, 2.75) is 13.0 Å². The summed E-state index contributed by atoms with van der Waals surface area (Å²) in [4.78, 5) is 16.5. The van der Waals surface area contributed by atoms with Gasteiger partial charge in [0, 0.05) is 23.9 Å². The molecule has 0 saturated carbocycles. The molecule has 0 aliphatic heterocycles. The minimum absolute atomic E-state index is 0.140. The van der Waals surface area contributed by atoms with Gasteiger partial charge in [-0.3, -0.25) is 4.79 Å². The van der Waals surface area contributed by atoms with Crippen LogP contribution in [0, 0.1) is 5.82 Å². The molecule has 0 saturated heterocycles. The lowest BCUT2D eigenvalue weighted by Gasteiger charge is -2.10. The number of quaternary nitrogens is 1. The van der Waals surface area contributed by atoms with Gasteiger partial charge in [-0.05, 0) is 43.3 Å². The highest BCUT2D eigenvalue weighted by Crippen LogP contribution is 2.17. The van der Waals surface area contributed by atoms with Gasteiger partial charge in [0.25, 0.3) is 0 Å². The van der Waals surface area contributed by atoms with E-state index in [1.165, 1.54) is 24.3 Å². The summed E-state index contributed by atoms with van der Waals surface area (Å²) in [5.41, 5.74) is 5.14. The molecule has 0 aliphatic carbocycles. The second-order valence-corrected chi connectivity index (χ2v) is 4.43. The molecule has 1 aromatic carbocycles. The molecule has 1 heterocycles. The molecule has 1 aromatic heterocycles. The van der Waals surface area contributed by atoms with Gasteiger partial charge in [0.1, 0.15) is 11.6 Å². The number of benzene rings is 1. The Morgan fingerprint density at radius 1 is 1.35 bits per heavy atom. The molecule has 0 aliphatic rings. The molecule has 1 atom stereocenters. The summed E-state index contributed by atoms with van der Waals surface area (Å²) in [6, 6.07) is 8.53. The Hall–Kier alpha value is -2.27. The van der Waals surface area contributed by atoms with Gasteiger partial charge in [0.2, 0.25) is 5.78 Å². The van der Waals surface area contributed by atoms with Crippen LogP contribution in [0.4, 0.5) is 10.2 Å². The number of carbonyl (C=O) groups excluding carboxylic acids is 1. The average Bonchev–Trinajstić information content (AvgIpc) is 2.47. The van der Waals surface area contributed by atoms with E-state index < -0.39 is 6.04 Å². The maximum absolute atomic E-state index is 12.9. The standard InChI is InChI=1S/C15H16FN3O/c1-2-18-13-9-11(7-8-19-13)14(17)15(20)10-3-5-12(16)6-4-10/h3-9,14H,2,17H2,1H3,(H,18,19)/p+1. The van der Waals surface area contributed by atoms with E-state index in [0.717, 1.165) is 12.1 Å². The van der Waals surface area contributed by atoms with E-state index in [4.69, 9.17) is 0 Å². The third kappa shape index (κ3) is 3.19. The normalized spacial score (nSPS) is 11.9. The van der Waals surface area contributed by atoms with Gasteiger partial charge in [-0.15, -0.1) is 0 Å². The molecule has 0 bridgehead atoms. The first-order chi connectivity index (χ1) is 9.61. The topological polar surface area (TPSA) is 69.6 Å². The van der Waals surface area contributed by atoms with Crippen molar-refractivity contribution in [3.05, 3.63) is 59.5 Å². The molecule has 2 aromatic rings. The van der Waals surface area contributed by atoms with Gasteiger partial charge >= 0.3 is 0 Å². The van der Waals surface area contributed by atoms with E-state index in [-0.39, 0.29) is 11.6 Å². The number of pyridine rings is 1. The fourth-order valence-corrected chi connectivity index (χ4v) is 1.91. The van der Waals surface area contributed by atoms with Gasteiger partial charge in [-0.25, -0.2) is 9.37 Å². The van der Waals surface area contributed by atoms with E-state index in [1.54, 1.807) is 12.3 Å². The maximum Gasteiger partial charge on any atom is 0.224 e. The summed E-state index contributed by atoms with van der Waals surface area (Å²) in [6.45, 7) is 2.73. The Morgan fingerprint density at radius 2 is 2.05 bits per heavy atom. The number of hydrogen-bond donors (Lipinski definition) is 2. The third-order valence-electron chi connectivity index (χ3n) is 2.99. The van der Waals surface area contributed by atoms with Crippen LogP contribution in [0.25, 0.3) is 0 Å². The Labute approximate surface area is 116 Å². The zero-order chi connectivity index (χ0) is 14.5. The van der Waals surface area contributed by atoms with Gasteiger partial charge in [0.15, 0.2) is 6.04 Å². The average molecular weight is 274 g/mol. The second-order valence-electron chi connectivity index (χ2n) is 4.43. The van der Waals surface area contributed by atoms with E-state index in [1.807, 2.05) is 13.0 Å². The van der Waals surface area contributed by atoms with Crippen LogP contribution < -0.4 is 11.1 Å². The Balaban J connectivity index is 2.21. The van der Waals surface area contributed by atoms with Crippen molar-refractivity contribution in [2.75, 3.05) is 11.9 Å². The zero-order valence-electron chi connectivity index (χ0n) is 11.3. The first kappa shape index (κ1) is 14.1. The van der Waals surface area contributed by atoms with Crippen LogP contribution in [0.3, 0.4) is 0 Å². The van der Waals surface area contributed by atoms with Crippen LogP contribution >= 0.6 is 0 Å². The van der Waals surface area contributed by atoms with Crippen LogP contribution in [0.5, 0.6) is 0 Å². The van der Waals surface area contributed by atoms with E-state index >= 15 is 0 Å². The van der Waals surface area contributed by atoms with E-state index in [9.17, 15) is 9.18 Å². The van der Waals surface area contributed by atoms with E-state index in [2.05, 4.69) is 16.0 Å². The molecule has 2 rings (SSSR count). The molecule has 0 spiro atoms. The predicted molar refractivity (Wildman–Crippen MR) is 74.8 cm³/mol. The van der Waals surface area contributed by atoms with Crippen molar-refractivity contribution in [3.8, 4) is 0 Å². The van der Waals surface area contributed by atoms with E-state index in [0.29, 0.717) is 11.4 Å². The van der Waals surface area contributed by atoms with Crippen molar-refractivity contribution in [1.29, 1.82) is 0 Å². The SMILES string of the molecule is CCNc1cc(C([NH3+])C(=O)c2ccc(F)cc2)ccn1. The smallest absolute Gasteiger partial charge is 0.224 e. The van der Waals surface area contributed by atoms with Crippen molar-refractivity contribution in [2.24, 2.45) is 0 Å². The molecular weight excluding hydrogens is 257 g/mol. The molecule has 20 heavy (non-hydrogen) atoms. The minimum Gasteiger partial charge on any atom is -0.370 e. The number of rotatable bonds is 5. The van der Waals surface area contributed by atoms with Crippen LogP contribution in [0.1, 0.15) is 28.9 Å². The van der Waals surface area contributed by atoms with Crippen molar-refractivity contribution < 1.29 is 14.9 Å². The van der Waals surface area contributed by atoms with Crippen LogP contribution in [-0.2, 0) is 0 Å². The van der Waals surface area contributed by atoms with Crippen molar-refractivity contribution >= 4 is 11.6 Å². The molecule has 4 N–H and O–H groups in total. The minimum atomic E-state index is -0.541. The number of halogens is 1. The molecule has 104 valence electrons. The van der Waals surface area contributed by atoms with Crippen molar-refractivity contribution in [1.82, 2.24) is 4.98 Å². The van der Waals surface area contributed by atoms with Gasteiger partial charge in [-0.2, -0.15) is 0 Å². The summed E-state index contributed by atoms with van der Waals surface area (Å²) in [5.74, 6) is 0.213. The highest BCUT2D eigenvalue weighted by atomic mass is 19.1. The fourth-order valence-electron chi connectivity index (χ4n) is 1.91. The lowest BCUT2D eigenvalue weighted by molar-refractivity contribution is -0.404. The Bertz CT molecular complexity index is 598. The number of nitrogens with one attached hydrogen (secondary N) is 1. The summed E-state index contributed by atoms with van der Waals surface area (Å²) in [6.07, 6.45) is 1.64. The highest BCUT2D eigenvalue weighted by molar-refractivity contribution is 5.99. The third-order valence-corrected chi connectivity index (χ3v) is 2.99. The quantitative estimate of drug-likeness (QED) is 0.817. The summed E-state index contributed by atoms with van der Waals surface area (Å²) in [5, 5.41) is 3.09. The fraction of sp³-hybridized carbons (Fsp3) is 0.200. The predicted octanol–water partition coefficient (Wildman–Crippen LogP) is 1.82. The van der Waals surface area contributed by atoms with Gasteiger partial charge < -0.3 is 11.1 Å². The van der Waals surface area contributed by atoms with Crippen LogP contribution in [0.2, 0.25) is 0 Å². The first-order valence-corrected chi connectivity index (χ1v) is 6.44. The number of nitrogens with zero attached hydrogens (tertiary/aromatic N) is 1. The molecule has 0 fully saturated rings. The number of aromatic nitrogens is 1. The monoisotopic (exact) mass is 274 g/mol. The van der Waals surface area contributed by atoms with Crippen LogP contribution in [0.15, 0.2) is 42.6 Å². The second kappa shape index (κ2) is 6.25. The largest absolute Gasteiger partial charge is 0.370 e. The Kier molecular flexibility index (Phi) is 4.42. The lowest BCUT2D eigenvalue weighted by atomic mass is 9.99. The van der Waals surface area contributed by atoms with Crippen LogP contribution in [-0.4, -0.2) is 17.3 Å². The number of hydrogen-bond acceptors (Lipinski definition) is 3. The first-order valence-electron chi connectivity index (χ1n) is 6.44. The molecule has 0 radical (unpaired) electrons. The molecule has 1 unspecified atom stereocenters. The summed E-state index contributed by atoms with van der Waals surface area (Å²) in [7, 11) is 0. The molecule has 4 nitrogen and oxygen atoms in total. The van der Waals surface area contributed by atoms with Crippen molar-refractivity contribution in [3.63, 3.8) is 0 Å². The molecule has 0 amide bonds. The highest BCUT2D eigenvalue weighted by Gasteiger charge is 2.21. The van der Waals surface area contributed by atoms with Gasteiger partial charge in [-0.1, -0.05) is 0 Å². The molecular formula is C15H17FN3O+. The number of Topliss-reactive ketones (excluding diaryl/α,β-unsaturated/α-hetero) is 1. The van der Waals surface area contributed by atoms with Gasteiger partial charge in [0.05, 0.1) is 0 Å². The maximum atomic E-state index is 12.9. The lowest BCUT2D eigenvalue weighted by Crippen LogP contribution is -2.57. The summed E-state index contributed by atoms with van der Waals surface area (Å²) >= 11 is 0. The Morgan fingerprint density at radius 3 is 2.70 bits per heavy atom. The molecule has 5 heteroatoms. The number of ketones is 1. The number of carbonyl (C=O) groups is 1.